The number of halogens is 2. The molecule has 10 heteroatoms. The van der Waals surface area contributed by atoms with Crippen LogP contribution in [0.1, 0.15) is 89.9 Å². The van der Waals surface area contributed by atoms with Crippen LogP contribution in [0.3, 0.4) is 0 Å². The first-order valence-electron chi connectivity index (χ1n) is 13.9. The predicted molar refractivity (Wildman–Crippen MR) is 132 cm³/mol. The minimum atomic E-state index is -1.11. The molecule has 1 aliphatic heterocycles. The fourth-order valence-corrected chi connectivity index (χ4v) is 7.42. The monoisotopic (exact) mass is 529 g/mol. The van der Waals surface area contributed by atoms with Gasteiger partial charge < -0.3 is 20.5 Å². The third kappa shape index (κ3) is 5.70. The number of aliphatic hydroxyl groups is 1. The molecule has 0 aromatic rings. The highest BCUT2D eigenvalue weighted by atomic mass is 35.5. The summed E-state index contributed by atoms with van der Waals surface area (Å²) in [6.07, 6.45) is 8.48. The van der Waals surface area contributed by atoms with Crippen LogP contribution in [-0.2, 0) is 19.2 Å². The molecule has 0 spiro atoms. The number of carbonyl (C=O) groups excluding carboxylic acids is 2. The SMILES string of the molecule is O=C(COC1CCC(Cl)C(F)C1)NC12CCC(NC(=O)C3CC(C4CCCCC4)NO3)(CC1)CC2O. The number of rotatable bonds is 7. The molecule has 6 fully saturated rings. The smallest absolute Gasteiger partial charge is 0.251 e. The quantitative estimate of drug-likeness (QED) is 0.378. The predicted octanol–water partition coefficient (Wildman–Crippen LogP) is 2.79. The highest BCUT2D eigenvalue weighted by Gasteiger charge is 2.56. The van der Waals surface area contributed by atoms with E-state index in [9.17, 15) is 19.1 Å². The maximum absolute atomic E-state index is 13.8. The second-order valence-corrected chi connectivity index (χ2v) is 12.5. The highest BCUT2D eigenvalue weighted by Crippen LogP contribution is 2.47. The first-order chi connectivity index (χ1) is 17.3. The highest BCUT2D eigenvalue weighted by molar-refractivity contribution is 6.21. The first-order valence-corrected chi connectivity index (χ1v) is 14.3. The minimum absolute atomic E-state index is 0.113. The van der Waals surface area contributed by atoms with Gasteiger partial charge in [0.15, 0.2) is 6.10 Å². The van der Waals surface area contributed by atoms with Crippen molar-refractivity contribution in [3.05, 3.63) is 0 Å². The summed E-state index contributed by atoms with van der Waals surface area (Å²) in [6, 6.07) is 0.229. The van der Waals surface area contributed by atoms with E-state index in [-0.39, 0.29) is 37.0 Å². The van der Waals surface area contributed by atoms with Gasteiger partial charge in [0.1, 0.15) is 12.8 Å². The Morgan fingerprint density at radius 2 is 1.81 bits per heavy atom. The lowest BCUT2D eigenvalue weighted by Crippen LogP contribution is -2.70. The molecule has 5 saturated carbocycles. The van der Waals surface area contributed by atoms with Crippen LogP contribution >= 0.6 is 11.6 Å². The molecular weight excluding hydrogens is 489 g/mol. The van der Waals surface area contributed by atoms with E-state index in [1.807, 2.05) is 0 Å². The Morgan fingerprint density at radius 3 is 2.50 bits per heavy atom. The van der Waals surface area contributed by atoms with Crippen LogP contribution in [0.2, 0.25) is 0 Å². The fourth-order valence-electron chi connectivity index (χ4n) is 7.19. The Kier molecular flexibility index (Phi) is 8.13. The van der Waals surface area contributed by atoms with Gasteiger partial charge in [0.05, 0.1) is 23.1 Å². The second kappa shape index (κ2) is 11.0. The van der Waals surface area contributed by atoms with E-state index < -0.39 is 34.8 Å². The van der Waals surface area contributed by atoms with E-state index in [2.05, 4.69) is 16.1 Å². The van der Waals surface area contributed by atoms with E-state index in [4.69, 9.17) is 21.2 Å². The number of ether oxygens (including phenoxy) is 1. The van der Waals surface area contributed by atoms with Crippen LogP contribution in [0, 0.1) is 5.92 Å². The zero-order valence-electron chi connectivity index (χ0n) is 21.0. The molecule has 2 bridgehead atoms. The molecule has 0 radical (unpaired) electrons. The topological polar surface area (TPSA) is 109 Å². The molecule has 6 atom stereocenters. The van der Waals surface area contributed by atoms with Crippen LogP contribution in [-0.4, -0.2) is 70.5 Å². The van der Waals surface area contributed by atoms with Crippen molar-refractivity contribution in [3.63, 3.8) is 0 Å². The van der Waals surface area contributed by atoms with Crippen LogP contribution < -0.4 is 16.1 Å². The van der Waals surface area contributed by atoms with Gasteiger partial charge in [-0.05, 0) is 63.7 Å². The molecule has 8 nitrogen and oxygen atoms in total. The van der Waals surface area contributed by atoms with Gasteiger partial charge in [0, 0.05) is 24.4 Å². The number of alkyl halides is 2. The number of carbonyl (C=O) groups is 2. The zero-order chi connectivity index (χ0) is 25.3. The Labute approximate surface area is 217 Å². The third-order valence-electron chi connectivity index (χ3n) is 9.53. The summed E-state index contributed by atoms with van der Waals surface area (Å²) in [5, 5.41) is 16.8. The summed E-state index contributed by atoms with van der Waals surface area (Å²) in [5.74, 6) is 0.163. The zero-order valence-corrected chi connectivity index (χ0v) is 21.7. The summed E-state index contributed by atoms with van der Waals surface area (Å²) >= 11 is 5.93. The number of hydrogen-bond donors (Lipinski definition) is 4. The number of hydroxylamine groups is 1. The van der Waals surface area contributed by atoms with E-state index in [0.29, 0.717) is 57.3 Å². The molecule has 36 heavy (non-hydrogen) atoms. The molecule has 6 unspecified atom stereocenters. The number of nitrogens with one attached hydrogen (secondary N) is 3. The molecule has 6 rings (SSSR count). The molecular formula is C26H41ClFN3O5. The number of aliphatic hydroxyl groups excluding tert-OH is 1. The van der Waals surface area contributed by atoms with Gasteiger partial charge in [-0.25, -0.2) is 4.39 Å². The summed E-state index contributed by atoms with van der Waals surface area (Å²) in [5.41, 5.74) is 1.94. The Hall–Kier alpha value is -1.00. The minimum Gasteiger partial charge on any atom is -0.391 e. The van der Waals surface area contributed by atoms with Crippen LogP contribution in [0.25, 0.3) is 0 Å². The van der Waals surface area contributed by atoms with Crippen molar-refractivity contribution in [3.8, 4) is 0 Å². The van der Waals surface area contributed by atoms with Crippen molar-refractivity contribution in [2.24, 2.45) is 5.92 Å². The normalized spacial score (nSPS) is 43.3. The summed E-state index contributed by atoms with van der Waals surface area (Å²) in [7, 11) is 0. The summed E-state index contributed by atoms with van der Waals surface area (Å²) < 4.78 is 19.5. The van der Waals surface area contributed by atoms with Crippen molar-refractivity contribution < 1.29 is 28.7 Å². The van der Waals surface area contributed by atoms with Crippen molar-refractivity contribution in [2.75, 3.05) is 6.61 Å². The average Bonchev–Trinajstić information content (AvgIpc) is 3.37. The molecule has 4 N–H and O–H groups in total. The lowest BCUT2D eigenvalue weighted by Gasteiger charge is -2.56. The number of fused-ring (bicyclic) bond motifs is 3. The van der Waals surface area contributed by atoms with Gasteiger partial charge in [-0.15, -0.1) is 11.6 Å². The summed E-state index contributed by atoms with van der Waals surface area (Å²) in [6.45, 7) is -0.158. The maximum atomic E-state index is 13.8. The van der Waals surface area contributed by atoms with E-state index in [1.165, 1.54) is 32.1 Å². The van der Waals surface area contributed by atoms with Gasteiger partial charge in [0.2, 0.25) is 5.91 Å². The lowest BCUT2D eigenvalue weighted by atomic mass is 9.59. The largest absolute Gasteiger partial charge is 0.391 e. The standard InChI is InChI=1S/C26H41ClFN3O5/c27-18-7-6-17(12-19(18)28)35-15-23(33)29-26-10-8-25(9-11-26,14-22(26)32)30-24(34)21-13-20(31-36-21)16-4-2-1-3-5-16/h16-22,31-32H,1-15H2,(H,29,33)(H,30,34). The third-order valence-corrected chi connectivity index (χ3v) is 10.0. The molecule has 6 aliphatic rings. The van der Waals surface area contributed by atoms with Gasteiger partial charge >= 0.3 is 0 Å². The van der Waals surface area contributed by atoms with Gasteiger partial charge in [-0.1, -0.05) is 19.3 Å². The Balaban J connectivity index is 1.08. The summed E-state index contributed by atoms with van der Waals surface area (Å²) in [4.78, 5) is 31.4. The van der Waals surface area contributed by atoms with E-state index in [1.54, 1.807) is 0 Å². The maximum Gasteiger partial charge on any atom is 0.251 e. The lowest BCUT2D eigenvalue weighted by molar-refractivity contribution is -0.144. The van der Waals surface area contributed by atoms with Crippen LogP contribution in [0.4, 0.5) is 4.39 Å². The Morgan fingerprint density at radius 1 is 1.06 bits per heavy atom. The van der Waals surface area contributed by atoms with Crippen molar-refractivity contribution >= 4 is 23.4 Å². The second-order valence-electron chi connectivity index (χ2n) is 11.9. The molecule has 0 aromatic heterocycles. The average molecular weight is 530 g/mol. The molecule has 1 heterocycles. The number of amides is 2. The number of hydrogen-bond acceptors (Lipinski definition) is 6. The Bertz CT molecular complexity index is 804. The van der Waals surface area contributed by atoms with E-state index in [0.717, 1.165) is 0 Å². The van der Waals surface area contributed by atoms with E-state index >= 15 is 0 Å². The first kappa shape index (κ1) is 26.6. The molecule has 1 saturated heterocycles. The van der Waals surface area contributed by atoms with Gasteiger partial charge in [0.25, 0.3) is 5.91 Å². The van der Waals surface area contributed by atoms with Gasteiger partial charge in [-0.2, -0.15) is 5.48 Å². The van der Waals surface area contributed by atoms with Gasteiger partial charge in [-0.3, -0.25) is 14.4 Å². The molecule has 0 aromatic carbocycles. The fraction of sp³-hybridized carbons (Fsp3) is 0.923. The molecule has 204 valence electrons. The van der Waals surface area contributed by atoms with Crippen LogP contribution in [0.15, 0.2) is 0 Å². The van der Waals surface area contributed by atoms with Crippen molar-refractivity contribution in [1.82, 2.24) is 16.1 Å². The van der Waals surface area contributed by atoms with Crippen LogP contribution in [0.5, 0.6) is 0 Å². The molecule has 2 amide bonds. The van der Waals surface area contributed by atoms with Crippen molar-refractivity contribution in [2.45, 2.75) is 137 Å². The van der Waals surface area contributed by atoms with Crippen molar-refractivity contribution in [1.29, 1.82) is 0 Å². The molecule has 5 aliphatic carbocycles.